The van der Waals surface area contributed by atoms with E-state index in [4.69, 9.17) is 4.74 Å². The van der Waals surface area contributed by atoms with Gasteiger partial charge in [0.2, 0.25) is 0 Å². The van der Waals surface area contributed by atoms with Gasteiger partial charge in [-0.2, -0.15) is 11.8 Å². The maximum atomic E-state index is 5.22. The van der Waals surface area contributed by atoms with Crippen molar-refractivity contribution in [2.45, 2.75) is 49.8 Å². The summed E-state index contributed by atoms with van der Waals surface area (Å²) in [4.78, 5) is 0. The van der Waals surface area contributed by atoms with Crippen LogP contribution in [0.25, 0.3) is 0 Å². The Hall–Kier alpha value is -0.510. The zero-order valence-electron chi connectivity index (χ0n) is 13.4. The molecule has 3 atom stereocenters. The Labute approximate surface area is 134 Å². The van der Waals surface area contributed by atoms with Gasteiger partial charge in [-0.3, -0.25) is 0 Å². The van der Waals surface area contributed by atoms with Crippen molar-refractivity contribution in [2.75, 3.05) is 26.0 Å². The summed E-state index contributed by atoms with van der Waals surface area (Å²) in [7, 11) is 1.79. The first-order valence-electron chi connectivity index (χ1n) is 8.24. The molecule has 1 aliphatic carbocycles. The van der Waals surface area contributed by atoms with Crippen molar-refractivity contribution < 1.29 is 4.74 Å². The molecule has 1 aromatic rings. The molecule has 118 valence electrons. The Kier molecular flexibility index (Phi) is 7.62. The topological polar surface area (TPSA) is 21.3 Å². The molecule has 3 unspecified atom stereocenters. The third kappa shape index (κ3) is 5.32. The summed E-state index contributed by atoms with van der Waals surface area (Å²) in [6.07, 6.45) is 5.12. The van der Waals surface area contributed by atoms with Gasteiger partial charge in [0.25, 0.3) is 0 Å². The SMILES string of the molecule is CCCNC1CCC(c2ccccc2)CC1SCCOC. The number of hydrogen-bond donors (Lipinski definition) is 1. The van der Waals surface area contributed by atoms with Crippen molar-refractivity contribution in [3.8, 4) is 0 Å². The van der Waals surface area contributed by atoms with Gasteiger partial charge in [-0.1, -0.05) is 37.3 Å². The normalized spacial score (nSPS) is 25.9. The molecule has 21 heavy (non-hydrogen) atoms. The lowest BCUT2D eigenvalue weighted by Crippen LogP contribution is -2.42. The number of thioether (sulfide) groups is 1. The van der Waals surface area contributed by atoms with Crippen LogP contribution in [0, 0.1) is 0 Å². The third-order valence-electron chi connectivity index (χ3n) is 4.34. The van der Waals surface area contributed by atoms with Crippen LogP contribution in [0.4, 0.5) is 0 Å². The average Bonchev–Trinajstić information content (AvgIpc) is 2.54. The summed E-state index contributed by atoms with van der Waals surface area (Å²) in [6.45, 7) is 4.25. The second-order valence-electron chi connectivity index (χ2n) is 5.88. The standard InChI is InChI=1S/C18H29NOS/c1-3-11-19-17-10-9-16(15-7-5-4-6-8-15)14-18(17)21-13-12-20-2/h4-8,16-19H,3,9-14H2,1-2H3. The molecule has 0 bridgehead atoms. The molecule has 1 aliphatic rings. The highest BCUT2D eigenvalue weighted by atomic mass is 32.2. The van der Waals surface area contributed by atoms with E-state index < -0.39 is 0 Å². The van der Waals surface area contributed by atoms with E-state index in [-0.39, 0.29) is 0 Å². The van der Waals surface area contributed by atoms with Crippen LogP contribution in [0.2, 0.25) is 0 Å². The zero-order chi connectivity index (χ0) is 14.9. The maximum absolute atomic E-state index is 5.22. The van der Waals surface area contributed by atoms with Crippen molar-refractivity contribution in [3.05, 3.63) is 35.9 Å². The van der Waals surface area contributed by atoms with E-state index in [1.165, 1.54) is 31.2 Å². The predicted molar refractivity (Wildman–Crippen MR) is 93.2 cm³/mol. The maximum Gasteiger partial charge on any atom is 0.0553 e. The highest BCUT2D eigenvalue weighted by Crippen LogP contribution is 2.38. The van der Waals surface area contributed by atoms with E-state index in [9.17, 15) is 0 Å². The van der Waals surface area contributed by atoms with Crippen LogP contribution in [-0.2, 0) is 4.74 Å². The number of rotatable bonds is 8. The highest BCUT2D eigenvalue weighted by molar-refractivity contribution is 8.00. The van der Waals surface area contributed by atoms with Crippen LogP contribution in [-0.4, -0.2) is 37.3 Å². The zero-order valence-corrected chi connectivity index (χ0v) is 14.2. The Morgan fingerprint density at radius 1 is 1.24 bits per heavy atom. The van der Waals surface area contributed by atoms with Crippen LogP contribution in [0.5, 0.6) is 0 Å². The first-order valence-corrected chi connectivity index (χ1v) is 9.29. The molecule has 1 aromatic carbocycles. The van der Waals surface area contributed by atoms with Gasteiger partial charge in [-0.15, -0.1) is 0 Å². The van der Waals surface area contributed by atoms with Crippen molar-refractivity contribution in [3.63, 3.8) is 0 Å². The quantitative estimate of drug-likeness (QED) is 0.732. The van der Waals surface area contributed by atoms with E-state index in [0.717, 1.165) is 24.8 Å². The van der Waals surface area contributed by atoms with Crippen molar-refractivity contribution in [1.82, 2.24) is 5.32 Å². The number of methoxy groups -OCH3 is 1. The van der Waals surface area contributed by atoms with Gasteiger partial charge in [0.1, 0.15) is 0 Å². The van der Waals surface area contributed by atoms with Gasteiger partial charge in [-0.25, -0.2) is 0 Å². The number of nitrogens with one attached hydrogen (secondary N) is 1. The number of benzene rings is 1. The third-order valence-corrected chi connectivity index (χ3v) is 5.69. The van der Waals surface area contributed by atoms with Crippen molar-refractivity contribution >= 4 is 11.8 Å². The van der Waals surface area contributed by atoms with Crippen molar-refractivity contribution in [1.29, 1.82) is 0 Å². The van der Waals surface area contributed by atoms with Crippen LogP contribution in [0.1, 0.15) is 44.1 Å². The molecule has 1 N–H and O–H groups in total. The first kappa shape index (κ1) is 16.9. The molecular weight excluding hydrogens is 278 g/mol. The molecule has 2 rings (SSSR count). The Morgan fingerprint density at radius 3 is 2.76 bits per heavy atom. The van der Waals surface area contributed by atoms with E-state index in [2.05, 4.69) is 54.3 Å². The molecule has 1 saturated carbocycles. The van der Waals surface area contributed by atoms with Crippen LogP contribution in [0.3, 0.4) is 0 Å². The molecule has 0 aromatic heterocycles. The molecule has 0 heterocycles. The molecular formula is C18H29NOS. The average molecular weight is 308 g/mol. The summed E-state index contributed by atoms with van der Waals surface area (Å²) in [5, 5.41) is 4.47. The Morgan fingerprint density at radius 2 is 2.05 bits per heavy atom. The Bertz CT molecular complexity index is 384. The lowest BCUT2D eigenvalue weighted by Gasteiger charge is -2.36. The number of hydrogen-bond acceptors (Lipinski definition) is 3. The van der Waals surface area contributed by atoms with Crippen molar-refractivity contribution in [2.24, 2.45) is 0 Å². The second-order valence-corrected chi connectivity index (χ2v) is 7.23. The fourth-order valence-electron chi connectivity index (χ4n) is 3.19. The molecule has 0 aliphatic heterocycles. The van der Waals surface area contributed by atoms with Gasteiger partial charge in [-0.05, 0) is 43.7 Å². The van der Waals surface area contributed by atoms with E-state index in [0.29, 0.717) is 11.3 Å². The minimum atomic E-state index is 0.673. The lowest BCUT2D eigenvalue weighted by atomic mass is 9.81. The van der Waals surface area contributed by atoms with E-state index in [1.54, 1.807) is 7.11 Å². The summed E-state index contributed by atoms with van der Waals surface area (Å²) >= 11 is 2.09. The van der Waals surface area contributed by atoms with Crippen LogP contribution >= 0.6 is 11.8 Å². The Balaban J connectivity index is 1.94. The largest absolute Gasteiger partial charge is 0.384 e. The van der Waals surface area contributed by atoms with E-state index >= 15 is 0 Å². The predicted octanol–water partition coefficient (Wildman–Crippen LogP) is 4.07. The van der Waals surface area contributed by atoms with Gasteiger partial charge in [0.15, 0.2) is 0 Å². The molecule has 0 saturated heterocycles. The van der Waals surface area contributed by atoms with Crippen LogP contribution < -0.4 is 5.32 Å². The first-order chi connectivity index (χ1) is 10.3. The lowest BCUT2D eigenvalue weighted by molar-refractivity contribution is 0.218. The summed E-state index contributed by atoms with van der Waals surface area (Å²) in [5.74, 6) is 1.83. The van der Waals surface area contributed by atoms with Gasteiger partial charge < -0.3 is 10.1 Å². The second kappa shape index (κ2) is 9.50. The minimum Gasteiger partial charge on any atom is -0.384 e. The number of ether oxygens (including phenoxy) is 1. The molecule has 0 amide bonds. The fourth-order valence-corrected chi connectivity index (χ4v) is 4.59. The molecule has 3 heteroatoms. The summed E-state index contributed by atoms with van der Waals surface area (Å²) in [5.41, 5.74) is 1.52. The molecule has 2 nitrogen and oxygen atoms in total. The van der Waals surface area contributed by atoms with Gasteiger partial charge >= 0.3 is 0 Å². The molecule has 0 radical (unpaired) electrons. The van der Waals surface area contributed by atoms with Crippen LogP contribution in [0.15, 0.2) is 30.3 Å². The van der Waals surface area contributed by atoms with Gasteiger partial charge in [0, 0.05) is 24.2 Å². The smallest absolute Gasteiger partial charge is 0.0553 e. The van der Waals surface area contributed by atoms with E-state index in [1.807, 2.05) is 0 Å². The summed E-state index contributed by atoms with van der Waals surface area (Å²) in [6, 6.07) is 11.7. The summed E-state index contributed by atoms with van der Waals surface area (Å²) < 4.78 is 5.22. The molecule has 0 spiro atoms. The minimum absolute atomic E-state index is 0.673. The fraction of sp³-hybridized carbons (Fsp3) is 0.667. The van der Waals surface area contributed by atoms with Gasteiger partial charge in [0.05, 0.1) is 6.61 Å². The molecule has 1 fully saturated rings. The highest BCUT2D eigenvalue weighted by Gasteiger charge is 2.30. The monoisotopic (exact) mass is 307 g/mol.